The molecule has 0 bridgehead atoms. The molecule has 0 radical (unpaired) electrons. The number of aryl methyl sites for hydroxylation is 6. The average Bonchev–Trinajstić information content (AvgIpc) is 1.43. The van der Waals surface area contributed by atoms with Gasteiger partial charge in [0.2, 0.25) is 16.6 Å². The fourth-order valence-corrected chi connectivity index (χ4v) is 22.7. The van der Waals surface area contributed by atoms with Gasteiger partial charge in [0.15, 0.2) is 0 Å². The third kappa shape index (κ3) is 19.7. The van der Waals surface area contributed by atoms with Crippen LogP contribution in [-0.4, -0.2) is 32.6 Å². The molecular weight excluding hydrogens is 1700 g/mol. The second-order valence-corrected chi connectivity index (χ2v) is 36.5. The van der Waals surface area contributed by atoms with Crippen LogP contribution in [0.25, 0.3) is 48.9 Å². The third-order valence-electron chi connectivity index (χ3n) is 20.2. The van der Waals surface area contributed by atoms with Crippen LogP contribution in [0.2, 0.25) is 0 Å². The van der Waals surface area contributed by atoms with Crippen molar-refractivity contribution in [3.05, 3.63) is 287 Å². The van der Waals surface area contributed by atoms with Crippen molar-refractivity contribution in [1.29, 1.82) is 0 Å². The third-order valence-corrected chi connectivity index (χ3v) is 27.7. The number of hydrogen-bond acceptors (Lipinski definition) is 12. The van der Waals surface area contributed by atoms with Gasteiger partial charge in [-0.15, -0.1) is 0 Å². The summed E-state index contributed by atoms with van der Waals surface area (Å²) in [5.74, 6) is 0.718. The molecule has 10 aromatic rings. The Morgan fingerprint density at radius 1 is 0.505 bits per heavy atom. The number of halogens is 2. The molecule has 0 fully saturated rings. The quantitative estimate of drug-likeness (QED) is 0.0458. The number of para-hydroxylation sites is 4. The minimum Gasteiger partial charge on any atom is -1.00 e. The van der Waals surface area contributed by atoms with Crippen molar-refractivity contribution in [1.82, 2.24) is 0 Å². The SMILES string of the molecule is CCN1/C(=C/C2=CC(=C/c3sc4cc(C)ccc4[n+]3CC)/CC(C)(C)C2)Sc2cc(C)ccc21.CCN1/C(=C/C2=CC3=C/C(=C/c4sc5ccccc5[n+]4CC)CCC3CC2)Sc2ccccc21.CCN1C(=CC=C(C)C=Cc2sc3ccccc3[n+]2CC)Sc2ccccc21.Cc1ccc(S(=O)(=O)[O-])cc1.[I-].[I-]. The van der Waals surface area contributed by atoms with Gasteiger partial charge >= 0.3 is 0 Å². The van der Waals surface area contributed by atoms with Crippen LogP contribution in [0.5, 0.6) is 0 Å². The Hall–Kier alpha value is -6.57. The lowest BCUT2D eigenvalue weighted by atomic mass is 9.75. The lowest BCUT2D eigenvalue weighted by molar-refractivity contribution is -0.665. The monoisotopic (exact) mass is 1800 g/mol. The van der Waals surface area contributed by atoms with Crippen LogP contribution in [0.3, 0.4) is 0 Å². The zero-order valence-electron chi connectivity index (χ0n) is 64.4. The molecule has 6 heterocycles. The molecule has 3 aromatic heterocycles. The zero-order chi connectivity index (χ0) is 75.1. The van der Waals surface area contributed by atoms with Gasteiger partial charge in [0.1, 0.15) is 43.9 Å². The minimum atomic E-state index is -4.27. The highest BCUT2D eigenvalue weighted by Gasteiger charge is 2.32. The number of thiazole rings is 3. The van der Waals surface area contributed by atoms with Gasteiger partial charge in [0.25, 0.3) is 15.0 Å². The van der Waals surface area contributed by atoms with Gasteiger partial charge in [-0.2, -0.15) is 13.7 Å². The maximum absolute atomic E-state index is 10.4. The Kier molecular flexibility index (Phi) is 28.6. The molecule has 3 aliphatic heterocycles. The van der Waals surface area contributed by atoms with Crippen LogP contribution in [0, 0.1) is 32.1 Å². The van der Waals surface area contributed by atoms with E-state index in [4.69, 9.17) is 0 Å². The van der Waals surface area contributed by atoms with E-state index in [1.54, 1.807) is 12.1 Å². The van der Waals surface area contributed by atoms with E-state index in [0.29, 0.717) is 0 Å². The number of hydrogen-bond donors (Lipinski definition) is 0. The van der Waals surface area contributed by atoms with Gasteiger partial charge in [-0.05, 0) is 243 Å². The van der Waals surface area contributed by atoms with E-state index in [9.17, 15) is 13.0 Å². The van der Waals surface area contributed by atoms with Crippen molar-refractivity contribution < 1.29 is 74.6 Å². The standard InChI is InChI=1S/C30H31N2S2.C30H35N2S2.C24H25N2S2.C7H8O3S.2HI/c1-3-31-25-9-5-7-11-27(25)33-29(31)19-21-13-15-23-16-14-22(18-24(23)17-21)20-30-32(4-2)26-10-6-8-12-28(26)34-30;1-7-31-24-11-9-20(3)13-26(24)33-28(31)16-22-15-23(19-30(5,6)18-22)17-29-32(8-2)25-12-10-21(4)14-27(25)34-29;1-4-25-19-10-6-8-12-21(19)27-23(25)16-14-18(3)15-17-24-26(5-2)20-11-7-9-13-22(20)28-24;1-6-2-4-7(5-3-6)11(8,9)10;;/h5-12,17-20,23H,3-4,13-16H2,1-2H3;9-17H,7-8,18-19H2,1-6H3;6-17H,4-5H2,1-3H3;2-5H,1H3,(H,8,9,10);2*1H/q3*+1;;;/p-3. The highest BCUT2D eigenvalue weighted by atomic mass is 127. The van der Waals surface area contributed by atoms with Crippen LogP contribution in [0.15, 0.2) is 274 Å². The summed E-state index contributed by atoms with van der Waals surface area (Å²) in [7, 11) is -4.27. The molecule has 7 aromatic carbocycles. The Balaban J connectivity index is 0.000000151. The van der Waals surface area contributed by atoms with Gasteiger partial charge in [0.05, 0.1) is 37.0 Å². The second-order valence-electron chi connectivity index (χ2n) is 28.7. The van der Waals surface area contributed by atoms with E-state index in [0.717, 1.165) is 63.6 Å². The summed E-state index contributed by atoms with van der Waals surface area (Å²) in [6, 6.07) is 54.2. The summed E-state index contributed by atoms with van der Waals surface area (Å²) in [6.07, 6.45) is 33.3. The summed E-state index contributed by atoms with van der Waals surface area (Å²) in [6.45, 7) is 32.5. The number of allylic oxidation sites excluding steroid dienone is 14. The van der Waals surface area contributed by atoms with Crippen LogP contribution in [0.1, 0.15) is 133 Å². The first-order chi connectivity index (χ1) is 51.7. The van der Waals surface area contributed by atoms with Gasteiger partial charge in [0, 0.05) is 70.7 Å². The molecule has 109 heavy (non-hydrogen) atoms. The minimum absolute atomic E-state index is 0. The Bertz CT molecular complexity index is 5450. The lowest BCUT2D eigenvalue weighted by Crippen LogP contribution is -3.00. The van der Waals surface area contributed by atoms with Crippen LogP contribution < -0.4 is 76.4 Å². The Labute approximate surface area is 705 Å². The number of anilines is 3. The molecule has 6 aliphatic rings. The predicted octanol–water partition coefficient (Wildman–Crippen LogP) is 18.1. The van der Waals surface area contributed by atoms with E-state index in [-0.39, 0.29) is 58.3 Å². The van der Waals surface area contributed by atoms with Crippen molar-refractivity contribution in [2.75, 3.05) is 34.3 Å². The maximum atomic E-state index is 10.4. The molecule has 16 rings (SSSR count). The summed E-state index contributed by atoms with van der Waals surface area (Å²) in [5.41, 5.74) is 20.5. The summed E-state index contributed by atoms with van der Waals surface area (Å²) in [4.78, 5) is 11.2. The van der Waals surface area contributed by atoms with Crippen molar-refractivity contribution in [3.63, 3.8) is 0 Å². The number of benzene rings is 7. The van der Waals surface area contributed by atoms with Crippen molar-refractivity contribution in [3.8, 4) is 0 Å². The van der Waals surface area contributed by atoms with Gasteiger partial charge in [-0.3, -0.25) is 0 Å². The molecule has 0 saturated heterocycles. The van der Waals surface area contributed by atoms with Gasteiger partial charge in [-0.25, -0.2) is 8.42 Å². The van der Waals surface area contributed by atoms with Gasteiger partial charge < -0.3 is 67.2 Å². The van der Waals surface area contributed by atoms with E-state index >= 15 is 0 Å². The Morgan fingerprint density at radius 2 is 0.991 bits per heavy atom. The highest BCUT2D eigenvalue weighted by molar-refractivity contribution is 8.04. The molecule has 1 unspecified atom stereocenters. The van der Waals surface area contributed by atoms with Crippen LogP contribution >= 0.6 is 69.3 Å². The molecular formula is C91H98I2N6O3S7. The van der Waals surface area contributed by atoms with Crippen molar-refractivity contribution >= 4 is 145 Å². The first kappa shape index (κ1) is 83.4. The van der Waals surface area contributed by atoms with E-state index in [2.05, 4.69) is 305 Å². The molecule has 18 heteroatoms. The number of rotatable bonds is 14. The number of aromatic nitrogens is 3. The zero-order valence-corrected chi connectivity index (χ0v) is 74.5. The number of nitrogens with zero attached hydrogens (tertiary/aromatic N) is 6. The molecule has 3 aliphatic carbocycles. The lowest BCUT2D eigenvalue weighted by Gasteiger charge is -2.31. The summed E-state index contributed by atoms with van der Waals surface area (Å²) < 4.78 is 42.6. The Morgan fingerprint density at radius 3 is 1.61 bits per heavy atom. The van der Waals surface area contributed by atoms with E-state index in [1.165, 1.54) is 175 Å². The molecule has 566 valence electrons. The molecule has 0 saturated carbocycles. The fraction of sp³-hybridized carbons (Fsp3) is 0.286. The first-order valence-corrected chi connectivity index (χ1v) is 44.0. The summed E-state index contributed by atoms with van der Waals surface area (Å²) in [5, 5.41) is 8.04. The first-order valence-electron chi connectivity index (χ1n) is 37.7. The van der Waals surface area contributed by atoms with Crippen molar-refractivity contribution in [2.45, 2.75) is 161 Å². The fourth-order valence-electron chi connectivity index (χ4n) is 15.0. The summed E-state index contributed by atoms with van der Waals surface area (Å²) >= 11 is 11.4. The van der Waals surface area contributed by atoms with Crippen molar-refractivity contribution in [2.24, 2.45) is 11.3 Å². The maximum Gasteiger partial charge on any atom is 0.263 e. The normalized spacial score (nSPS) is 18.3. The van der Waals surface area contributed by atoms with E-state index in [1.807, 2.05) is 76.2 Å². The molecule has 1 atom stereocenters. The smallest absolute Gasteiger partial charge is 0.263 e. The molecule has 9 nitrogen and oxygen atoms in total. The van der Waals surface area contributed by atoms with Crippen LogP contribution in [-0.2, 0) is 29.8 Å². The molecule has 0 N–H and O–H groups in total. The number of fused-ring (bicyclic) bond motifs is 7. The second kappa shape index (κ2) is 37.4. The molecule has 0 amide bonds. The van der Waals surface area contributed by atoms with E-state index < -0.39 is 10.1 Å². The predicted molar refractivity (Wildman–Crippen MR) is 460 cm³/mol. The van der Waals surface area contributed by atoms with Crippen LogP contribution in [0.4, 0.5) is 17.1 Å². The topological polar surface area (TPSA) is 78.6 Å². The van der Waals surface area contributed by atoms with Gasteiger partial charge in [-0.1, -0.05) is 197 Å². The highest BCUT2D eigenvalue weighted by Crippen LogP contribution is 2.51. The number of thioether (sulfide) groups is 3. The molecule has 0 spiro atoms. The largest absolute Gasteiger partial charge is 1.00 e. The average molecular weight is 1800 g/mol.